The molecule has 0 heterocycles. The zero-order valence-corrected chi connectivity index (χ0v) is 11.4. The number of methoxy groups -OCH3 is 1. The second-order valence-corrected chi connectivity index (χ2v) is 5.65. The topological polar surface area (TPSA) is 81.4 Å². The van der Waals surface area contributed by atoms with E-state index in [0.29, 0.717) is 5.69 Å². The SMILES string of the molecule is COc1cc(N)ccc1NS(=O)(=O)c1ccccc1F. The third-order valence-corrected chi connectivity index (χ3v) is 3.99. The molecule has 106 valence electrons. The number of anilines is 2. The molecule has 7 heteroatoms. The minimum Gasteiger partial charge on any atom is -0.494 e. The third kappa shape index (κ3) is 2.83. The quantitative estimate of drug-likeness (QED) is 0.848. The van der Waals surface area contributed by atoms with E-state index >= 15 is 0 Å². The summed E-state index contributed by atoms with van der Waals surface area (Å²) in [5.74, 6) is -0.570. The fraction of sp³-hybridized carbons (Fsp3) is 0.0769. The van der Waals surface area contributed by atoms with Crippen LogP contribution in [-0.2, 0) is 10.0 Å². The van der Waals surface area contributed by atoms with Crippen LogP contribution in [0, 0.1) is 5.82 Å². The van der Waals surface area contributed by atoms with Crippen LogP contribution in [0.25, 0.3) is 0 Å². The highest BCUT2D eigenvalue weighted by Crippen LogP contribution is 2.29. The van der Waals surface area contributed by atoms with E-state index in [1.807, 2.05) is 0 Å². The summed E-state index contributed by atoms with van der Waals surface area (Å²) in [4.78, 5) is -0.432. The number of nitrogens with two attached hydrogens (primary N) is 1. The lowest BCUT2D eigenvalue weighted by Gasteiger charge is -2.12. The molecule has 0 aliphatic rings. The number of rotatable bonds is 4. The zero-order chi connectivity index (χ0) is 14.8. The predicted molar refractivity (Wildman–Crippen MR) is 74.6 cm³/mol. The van der Waals surface area contributed by atoms with Crippen molar-refractivity contribution in [2.24, 2.45) is 0 Å². The zero-order valence-electron chi connectivity index (χ0n) is 10.6. The van der Waals surface area contributed by atoms with E-state index in [9.17, 15) is 12.8 Å². The van der Waals surface area contributed by atoms with Crippen LogP contribution in [0.4, 0.5) is 15.8 Å². The van der Waals surface area contributed by atoms with Crippen molar-refractivity contribution in [1.82, 2.24) is 0 Å². The summed E-state index contributed by atoms with van der Waals surface area (Å²) in [5.41, 5.74) is 6.20. The Morgan fingerprint density at radius 2 is 1.90 bits per heavy atom. The van der Waals surface area contributed by atoms with Crippen molar-refractivity contribution < 1.29 is 17.5 Å². The van der Waals surface area contributed by atoms with Crippen molar-refractivity contribution in [3.8, 4) is 5.75 Å². The Bertz CT molecular complexity index is 732. The highest BCUT2D eigenvalue weighted by atomic mass is 32.2. The second kappa shape index (κ2) is 5.38. The maximum atomic E-state index is 13.6. The Kier molecular flexibility index (Phi) is 3.80. The molecule has 0 radical (unpaired) electrons. The van der Waals surface area contributed by atoms with Gasteiger partial charge in [-0.05, 0) is 24.3 Å². The van der Waals surface area contributed by atoms with Crippen LogP contribution in [0.2, 0.25) is 0 Å². The van der Waals surface area contributed by atoms with Crippen molar-refractivity contribution in [1.29, 1.82) is 0 Å². The van der Waals surface area contributed by atoms with E-state index in [4.69, 9.17) is 10.5 Å². The van der Waals surface area contributed by atoms with Gasteiger partial charge in [0.15, 0.2) is 0 Å². The number of hydrogen-bond acceptors (Lipinski definition) is 4. The molecule has 0 atom stereocenters. The normalized spacial score (nSPS) is 11.1. The van der Waals surface area contributed by atoms with E-state index in [2.05, 4.69) is 4.72 Å². The van der Waals surface area contributed by atoms with Crippen molar-refractivity contribution >= 4 is 21.4 Å². The molecule has 0 aliphatic heterocycles. The summed E-state index contributed by atoms with van der Waals surface area (Å²) in [7, 11) is -2.65. The number of sulfonamides is 1. The first-order valence-corrected chi connectivity index (χ1v) is 7.13. The van der Waals surface area contributed by atoms with Crippen LogP contribution in [0.5, 0.6) is 5.75 Å². The molecule has 0 aliphatic carbocycles. The Morgan fingerprint density at radius 1 is 1.20 bits per heavy atom. The van der Waals surface area contributed by atoms with Gasteiger partial charge in [-0.1, -0.05) is 12.1 Å². The van der Waals surface area contributed by atoms with Crippen LogP contribution >= 0.6 is 0 Å². The number of benzene rings is 2. The van der Waals surface area contributed by atoms with Gasteiger partial charge < -0.3 is 10.5 Å². The maximum absolute atomic E-state index is 13.6. The van der Waals surface area contributed by atoms with Gasteiger partial charge in [0.1, 0.15) is 16.5 Å². The molecule has 20 heavy (non-hydrogen) atoms. The molecule has 2 aromatic carbocycles. The van der Waals surface area contributed by atoms with E-state index in [0.717, 1.165) is 6.07 Å². The number of ether oxygens (including phenoxy) is 1. The molecule has 0 saturated carbocycles. The molecule has 0 saturated heterocycles. The molecule has 0 spiro atoms. The van der Waals surface area contributed by atoms with E-state index < -0.39 is 20.7 Å². The average molecular weight is 296 g/mol. The molecule has 2 aromatic rings. The fourth-order valence-electron chi connectivity index (χ4n) is 1.65. The molecule has 5 nitrogen and oxygen atoms in total. The highest BCUT2D eigenvalue weighted by Gasteiger charge is 2.20. The van der Waals surface area contributed by atoms with Gasteiger partial charge in [-0.15, -0.1) is 0 Å². The van der Waals surface area contributed by atoms with Crippen LogP contribution in [-0.4, -0.2) is 15.5 Å². The minimum absolute atomic E-state index is 0.185. The minimum atomic E-state index is -4.04. The molecule has 0 fully saturated rings. The van der Waals surface area contributed by atoms with E-state index in [1.54, 1.807) is 0 Å². The van der Waals surface area contributed by atoms with E-state index in [1.165, 1.54) is 43.5 Å². The monoisotopic (exact) mass is 296 g/mol. The van der Waals surface area contributed by atoms with Crippen molar-refractivity contribution in [2.45, 2.75) is 4.90 Å². The standard InChI is InChI=1S/C13H13FN2O3S/c1-19-12-8-9(15)6-7-11(12)16-20(17,18)13-5-3-2-4-10(13)14/h2-8,16H,15H2,1H3. The van der Waals surface area contributed by atoms with Crippen LogP contribution in [0.3, 0.4) is 0 Å². The molecule has 0 unspecified atom stereocenters. The van der Waals surface area contributed by atoms with E-state index in [-0.39, 0.29) is 11.4 Å². The Morgan fingerprint density at radius 3 is 2.55 bits per heavy atom. The first-order valence-electron chi connectivity index (χ1n) is 5.65. The van der Waals surface area contributed by atoms with Gasteiger partial charge in [0.2, 0.25) is 0 Å². The van der Waals surface area contributed by atoms with Gasteiger partial charge in [-0.25, -0.2) is 12.8 Å². The third-order valence-electron chi connectivity index (χ3n) is 2.60. The van der Waals surface area contributed by atoms with Gasteiger partial charge in [-0.2, -0.15) is 0 Å². The van der Waals surface area contributed by atoms with Crippen molar-refractivity contribution in [3.05, 3.63) is 48.3 Å². The lowest BCUT2D eigenvalue weighted by molar-refractivity contribution is 0.417. The molecule has 0 amide bonds. The highest BCUT2D eigenvalue weighted by molar-refractivity contribution is 7.92. The van der Waals surface area contributed by atoms with Crippen LogP contribution in [0.1, 0.15) is 0 Å². The number of halogens is 1. The first kappa shape index (κ1) is 14.1. The molecule has 2 rings (SSSR count). The maximum Gasteiger partial charge on any atom is 0.264 e. The molecule has 0 aromatic heterocycles. The van der Waals surface area contributed by atoms with Crippen molar-refractivity contribution in [2.75, 3.05) is 17.6 Å². The lowest BCUT2D eigenvalue weighted by Crippen LogP contribution is -2.15. The summed E-state index contributed by atoms with van der Waals surface area (Å²) in [6.45, 7) is 0. The average Bonchev–Trinajstić information content (AvgIpc) is 2.41. The Hall–Kier alpha value is -2.28. The predicted octanol–water partition coefficient (Wildman–Crippen LogP) is 2.22. The Balaban J connectivity index is 2.41. The summed E-state index contributed by atoms with van der Waals surface area (Å²) in [6.07, 6.45) is 0. The van der Waals surface area contributed by atoms with Gasteiger partial charge in [0.05, 0.1) is 12.8 Å². The number of nitrogens with one attached hydrogen (secondary N) is 1. The molecular formula is C13H13FN2O3S. The summed E-state index contributed by atoms with van der Waals surface area (Å²) in [6, 6.07) is 9.56. The first-order chi connectivity index (χ1) is 9.44. The van der Waals surface area contributed by atoms with Gasteiger partial charge in [0, 0.05) is 11.8 Å². The van der Waals surface area contributed by atoms with Crippen LogP contribution < -0.4 is 15.2 Å². The fourth-order valence-corrected chi connectivity index (χ4v) is 2.81. The number of hydrogen-bond donors (Lipinski definition) is 2. The molecular weight excluding hydrogens is 283 g/mol. The summed E-state index contributed by atoms with van der Waals surface area (Å²) in [5, 5.41) is 0. The Labute approximate surface area is 116 Å². The largest absolute Gasteiger partial charge is 0.494 e. The summed E-state index contributed by atoms with van der Waals surface area (Å²) >= 11 is 0. The lowest BCUT2D eigenvalue weighted by atomic mass is 10.2. The van der Waals surface area contributed by atoms with Crippen LogP contribution in [0.15, 0.2) is 47.4 Å². The molecule has 3 N–H and O–H groups in total. The van der Waals surface area contributed by atoms with Gasteiger partial charge in [0.25, 0.3) is 10.0 Å². The van der Waals surface area contributed by atoms with Crippen molar-refractivity contribution in [3.63, 3.8) is 0 Å². The van der Waals surface area contributed by atoms with Gasteiger partial charge >= 0.3 is 0 Å². The van der Waals surface area contributed by atoms with Gasteiger partial charge in [-0.3, -0.25) is 4.72 Å². The second-order valence-electron chi connectivity index (χ2n) is 4.00. The molecule has 0 bridgehead atoms. The number of nitrogen functional groups attached to an aromatic ring is 1. The summed E-state index contributed by atoms with van der Waals surface area (Å²) < 4.78 is 45.2. The smallest absolute Gasteiger partial charge is 0.264 e.